The molecule has 1 amide bonds. The van der Waals surface area contributed by atoms with Gasteiger partial charge in [-0.15, -0.1) is 0 Å². The molecule has 1 aromatic heterocycles. The van der Waals surface area contributed by atoms with Crippen molar-refractivity contribution in [1.82, 2.24) is 9.97 Å². The number of benzene rings is 1. The van der Waals surface area contributed by atoms with Crippen molar-refractivity contribution in [2.45, 2.75) is 6.92 Å². The van der Waals surface area contributed by atoms with E-state index in [4.69, 9.17) is 5.73 Å². The van der Waals surface area contributed by atoms with Crippen molar-refractivity contribution >= 4 is 17.4 Å². The quantitative estimate of drug-likeness (QED) is 0.819. The minimum Gasteiger partial charge on any atom is -0.382 e. The van der Waals surface area contributed by atoms with E-state index in [0.29, 0.717) is 5.82 Å². The van der Waals surface area contributed by atoms with E-state index in [0.717, 1.165) is 16.9 Å². The molecule has 86 valence electrons. The molecule has 1 aromatic carbocycles. The maximum Gasteiger partial charge on any atom is 0.221 e. The third-order valence-electron chi connectivity index (χ3n) is 2.17. The summed E-state index contributed by atoms with van der Waals surface area (Å²) in [4.78, 5) is 19.0. The molecule has 2 aromatic rings. The fourth-order valence-electron chi connectivity index (χ4n) is 1.41. The summed E-state index contributed by atoms with van der Waals surface area (Å²) in [5.41, 5.74) is 7.88. The van der Waals surface area contributed by atoms with Crippen molar-refractivity contribution in [3.8, 4) is 11.3 Å². The van der Waals surface area contributed by atoms with E-state index in [1.54, 1.807) is 6.20 Å². The Morgan fingerprint density at radius 2 is 1.88 bits per heavy atom. The molecule has 5 nitrogen and oxygen atoms in total. The summed E-state index contributed by atoms with van der Waals surface area (Å²) in [5.74, 6) is 0.300. The van der Waals surface area contributed by atoms with Crippen LogP contribution in [0.2, 0.25) is 0 Å². The number of nitrogens with zero attached hydrogens (tertiary/aromatic N) is 2. The first-order chi connectivity index (χ1) is 8.15. The molecular weight excluding hydrogens is 216 g/mol. The number of nitrogen functional groups attached to an aromatic ring is 1. The van der Waals surface area contributed by atoms with Crippen LogP contribution in [0.5, 0.6) is 0 Å². The first kappa shape index (κ1) is 11.1. The Morgan fingerprint density at radius 3 is 2.41 bits per heavy atom. The summed E-state index contributed by atoms with van der Waals surface area (Å²) in [6, 6.07) is 7.36. The number of nitrogens with two attached hydrogens (primary N) is 1. The van der Waals surface area contributed by atoms with Crippen LogP contribution in [-0.2, 0) is 4.79 Å². The fourth-order valence-corrected chi connectivity index (χ4v) is 1.41. The average molecular weight is 228 g/mol. The van der Waals surface area contributed by atoms with Crippen LogP contribution in [0.15, 0.2) is 36.7 Å². The number of anilines is 2. The minimum atomic E-state index is -0.0926. The van der Waals surface area contributed by atoms with Crippen molar-refractivity contribution in [1.29, 1.82) is 0 Å². The highest BCUT2D eigenvalue weighted by Gasteiger charge is 2.00. The maximum absolute atomic E-state index is 10.9. The van der Waals surface area contributed by atoms with Gasteiger partial charge in [0.05, 0.1) is 18.1 Å². The van der Waals surface area contributed by atoms with E-state index in [2.05, 4.69) is 15.3 Å². The van der Waals surface area contributed by atoms with E-state index < -0.39 is 0 Å². The molecule has 5 heteroatoms. The number of hydrogen-bond acceptors (Lipinski definition) is 4. The second kappa shape index (κ2) is 4.61. The van der Waals surface area contributed by atoms with E-state index in [1.165, 1.54) is 13.1 Å². The lowest BCUT2D eigenvalue weighted by Crippen LogP contribution is -2.05. The third kappa shape index (κ3) is 2.78. The number of amides is 1. The third-order valence-corrected chi connectivity index (χ3v) is 2.17. The normalized spacial score (nSPS) is 9.94. The number of carbonyl (C=O) groups is 1. The largest absolute Gasteiger partial charge is 0.382 e. The molecule has 0 atom stereocenters. The highest BCUT2D eigenvalue weighted by molar-refractivity contribution is 5.88. The maximum atomic E-state index is 10.9. The minimum absolute atomic E-state index is 0.0926. The second-order valence-electron chi connectivity index (χ2n) is 3.59. The molecule has 0 aliphatic carbocycles. The van der Waals surface area contributed by atoms with Crippen LogP contribution in [0.3, 0.4) is 0 Å². The summed E-state index contributed by atoms with van der Waals surface area (Å²) < 4.78 is 0. The van der Waals surface area contributed by atoms with Gasteiger partial charge in [-0.05, 0) is 12.1 Å². The lowest BCUT2D eigenvalue weighted by molar-refractivity contribution is -0.114. The zero-order chi connectivity index (χ0) is 12.3. The Balaban J connectivity index is 2.23. The zero-order valence-corrected chi connectivity index (χ0v) is 9.34. The Labute approximate surface area is 98.7 Å². The number of carbonyl (C=O) groups excluding carboxylic acids is 1. The molecule has 0 fully saturated rings. The van der Waals surface area contributed by atoms with Crippen LogP contribution >= 0.6 is 0 Å². The first-order valence-corrected chi connectivity index (χ1v) is 5.11. The molecule has 0 aliphatic rings. The molecule has 0 bridgehead atoms. The zero-order valence-electron chi connectivity index (χ0n) is 9.34. The standard InChI is InChI=1S/C12H12N4O/c1-8(17)16-10-4-2-9(3-5-10)11-6-15-12(13)7-14-11/h2-7H,1H3,(H2,13,15)(H,16,17). The Hall–Kier alpha value is -2.43. The van der Waals surface area contributed by atoms with Gasteiger partial charge in [-0.1, -0.05) is 12.1 Å². The Bertz CT molecular complexity index is 519. The summed E-state index contributed by atoms with van der Waals surface area (Å²) in [6.07, 6.45) is 3.12. The lowest BCUT2D eigenvalue weighted by Gasteiger charge is -2.04. The van der Waals surface area contributed by atoms with Crippen LogP contribution in [0, 0.1) is 0 Å². The molecule has 2 rings (SSSR count). The van der Waals surface area contributed by atoms with Crippen molar-refractivity contribution in [2.24, 2.45) is 0 Å². The first-order valence-electron chi connectivity index (χ1n) is 5.11. The van der Waals surface area contributed by atoms with Gasteiger partial charge in [0, 0.05) is 18.2 Å². The number of hydrogen-bond donors (Lipinski definition) is 2. The SMILES string of the molecule is CC(=O)Nc1ccc(-c2cnc(N)cn2)cc1. The summed E-state index contributed by atoms with van der Waals surface area (Å²) in [6.45, 7) is 1.47. The van der Waals surface area contributed by atoms with Gasteiger partial charge in [0.1, 0.15) is 5.82 Å². The molecule has 17 heavy (non-hydrogen) atoms. The highest BCUT2D eigenvalue weighted by atomic mass is 16.1. The van der Waals surface area contributed by atoms with Gasteiger partial charge in [-0.3, -0.25) is 9.78 Å². The monoisotopic (exact) mass is 228 g/mol. The number of aromatic nitrogens is 2. The van der Waals surface area contributed by atoms with E-state index in [9.17, 15) is 4.79 Å². The van der Waals surface area contributed by atoms with Gasteiger partial charge in [0.15, 0.2) is 0 Å². The van der Waals surface area contributed by atoms with Crippen LogP contribution in [-0.4, -0.2) is 15.9 Å². The van der Waals surface area contributed by atoms with Gasteiger partial charge in [0.25, 0.3) is 0 Å². The van der Waals surface area contributed by atoms with Gasteiger partial charge >= 0.3 is 0 Å². The molecule has 0 saturated heterocycles. The van der Waals surface area contributed by atoms with Crippen LogP contribution in [0.4, 0.5) is 11.5 Å². The molecule has 0 spiro atoms. The molecule has 1 heterocycles. The molecule has 0 radical (unpaired) electrons. The topological polar surface area (TPSA) is 80.9 Å². The number of rotatable bonds is 2. The Morgan fingerprint density at radius 1 is 1.18 bits per heavy atom. The van der Waals surface area contributed by atoms with Crippen molar-refractivity contribution in [3.05, 3.63) is 36.7 Å². The van der Waals surface area contributed by atoms with E-state index in [-0.39, 0.29) is 5.91 Å². The van der Waals surface area contributed by atoms with Gasteiger partial charge < -0.3 is 11.1 Å². The Kier molecular flexibility index (Phi) is 3.00. The van der Waals surface area contributed by atoms with E-state index >= 15 is 0 Å². The predicted molar refractivity (Wildman–Crippen MR) is 66.2 cm³/mol. The van der Waals surface area contributed by atoms with Gasteiger partial charge in [-0.25, -0.2) is 4.98 Å². The van der Waals surface area contributed by atoms with Crippen molar-refractivity contribution in [3.63, 3.8) is 0 Å². The van der Waals surface area contributed by atoms with Crippen LogP contribution in [0.25, 0.3) is 11.3 Å². The highest BCUT2D eigenvalue weighted by Crippen LogP contribution is 2.18. The molecule has 0 unspecified atom stereocenters. The van der Waals surface area contributed by atoms with Crippen molar-refractivity contribution < 1.29 is 4.79 Å². The van der Waals surface area contributed by atoms with Crippen LogP contribution in [0.1, 0.15) is 6.92 Å². The summed E-state index contributed by atoms with van der Waals surface area (Å²) >= 11 is 0. The second-order valence-corrected chi connectivity index (χ2v) is 3.59. The molecule has 0 aliphatic heterocycles. The van der Waals surface area contributed by atoms with Crippen molar-refractivity contribution in [2.75, 3.05) is 11.1 Å². The molecular formula is C12H12N4O. The summed E-state index contributed by atoms with van der Waals surface area (Å²) in [5, 5.41) is 2.70. The lowest BCUT2D eigenvalue weighted by atomic mass is 10.1. The van der Waals surface area contributed by atoms with Gasteiger partial charge in [-0.2, -0.15) is 0 Å². The van der Waals surface area contributed by atoms with Gasteiger partial charge in [0.2, 0.25) is 5.91 Å². The fraction of sp³-hybridized carbons (Fsp3) is 0.0833. The molecule has 0 saturated carbocycles. The van der Waals surface area contributed by atoms with Crippen LogP contribution < -0.4 is 11.1 Å². The predicted octanol–water partition coefficient (Wildman–Crippen LogP) is 1.68. The molecule has 3 N–H and O–H groups in total. The average Bonchev–Trinajstić information content (AvgIpc) is 2.30. The van der Waals surface area contributed by atoms with E-state index in [1.807, 2.05) is 24.3 Å². The smallest absolute Gasteiger partial charge is 0.221 e. The summed E-state index contributed by atoms with van der Waals surface area (Å²) in [7, 11) is 0. The number of nitrogens with one attached hydrogen (secondary N) is 1.